The molecule has 4 nitrogen and oxygen atoms in total. The van der Waals surface area contributed by atoms with Gasteiger partial charge < -0.3 is 15.0 Å². The number of nitrogens with one attached hydrogen (secondary N) is 1. The van der Waals surface area contributed by atoms with E-state index in [2.05, 4.69) is 10.2 Å². The van der Waals surface area contributed by atoms with Crippen LogP contribution in [-0.2, 0) is 4.79 Å². The number of likely N-dealkylation sites (N-methyl/N-ethyl adjacent to an activating group) is 1. The van der Waals surface area contributed by atoms with Crippen LogP contribution in [0.2, 0.25) is 0 Å². The molecule has 0 aliphatic carbocycles. The van der Waals surface area contributed by atoms with Crippen molar-refractivity contribution >= 4 is 11.6 Å². The molecule has 1 N–H and O–H groups in total. The average molecular weight is 330 g/mol. The van der Waals surface area contributed by atoms with E-state index in [9.17, 15) is 9.18 Å². The molecule has 128 valence electrons. The SMILES string of the molecule is CC[C@@H](Oc1ccc(F)cc1)C(=O)NCCN(C)c1ccccc1. The smallest absolute Gasteiger partial charge is 0.261 e. The number of ether oxygens (including phenoxy) is 1. The Balaban J connectivity index is 1.80. The van der Waals surface area contributed by atoms with Crippen LogP contribution in [0.4, 0.5) is 10.1 Å². The normalized spacial score (nSPS) is 11.6. The number of benzene rings is 2. The van der Waals surface area contributed by atoms with Gasteiger partial charge in [0.15, 0.2) is 6.10 Å². The zero-order chi connectivity index (χ0) is 17.4. The monoisotopic (exact) mass is 330 g/mol. The third-order valence-corrected chi connectivity index (χ3v) is 3.70. The number of carbonyl (C=O) groups excluding carboxylic acids is 1. The molecule has 0 heterocycles. The molecule has 24 heavy (non-hydrogen) atoms. The van der Waals surface area contributed by atoms with E-state index in [1.165, 1.54) is 24.3 Å². The summed E-state index contributed by atoms with van der Waals surface area (Å²) in [5.74, 6) is -0.00751. The second kappa shape index (κ2) is 8.91. The van der Waals surface area contributed by atoms with Gasteiger partial charge in [0.2, 0.25) is 0 Å². The van der Waals surface area contributed by atoms with Crippen LogP contribution in [0.15, 0.2) is 54.6 Å². The molecule has 0 aromatic heterocycles. The van der Waals surface area contributed by atoms with Crippen LogP contribution in [0.3, 0.4) is 0 Å². The highest BCUT2D eigenvalue weighted by atomic mass is 19.1. The summed E-state index contributed by atoms with van der Waals surface area (Å²) in [6.07, 6.45) is -0.0462. The molecule has 0 saturated heterocycles. The van der Waals surface area contributed by atoms with Crippen molar-refractivity contribution in [1.29, 1.82) is 0 Å². The van der Waals surface area contributed by atoms with Crippen molar-refractivity contribution in [3.05, 3.63) is 60.4 Å². The van der Waals surface area contributed by atoms with Gasteiger partial charge in [-0.15, -0.1) is 0 Å². The lowest BCUT2D eigenvalue weighted by Gasteiger charge is -2.21. The van der Waals surface area contributed by atoms with Crippen molar-refractivity contribution in [2.75, 3.05) is 25.0 Å². The van der Waals surface area contributed by atoms with Crippen LogP contribution in [-0.4, -0.2) is 32.1 Å². The summed E-state index contributed by atoms with van der Waals surface area (Å²) in [6, 6.07) is 15.6. The molecule has 2 aromatic carbocycles. The minimum Gasteiger partial charge on any atom is -0.481 e. The molecule has 0 bridgehead atoms. The fourth-order valence-corrected chi connectivity index (χ4v) is 2.27. The minimum atomic E-state index is -0.586. The van der Waals surface area contributed by atoms with E-state index in [1.807, 2.05) is 44.3 Å². The number of rotatable bonds is 8. The molecule has 0 aliphatic heterocycles. The molecule has 0 radical (unpaired) electrons. The highest BCUT2D eigenvalue weighted by Crippen LogP contribution is 2.14. The Morgan fingerprint density at radius 1 is 1.17 bits per heavy atom. The van der Waals surface area contributed by atoms with Crippen molar-refractivity contribution < 1.29 is 13.9 Å². The van der Waals surface area contributed by atoms with Gasteiger partial charge in [-0.3, -0.25) is 4.79 Å². The fraction of sp³-hybridized carbons (Fsp3) is 0.316. The second-order valence-electron chi connectivity index (χ2n) is 5.52. The summed E-state index contributed by atoms with van der Waals surface area (Å²) in [7, 11) is 1.98. The van der Waals surface area contributed by atoms with E-state index in [-0.39, 0.29) is 11.7 Å². The Labute approximate surface area is 142 Å². The predicted molar refractivity (Wildman–Crippen MR) is 93.8 cm³/mol. The molecular weight excluding hydrogens is 307 g/mol. The van der Waals surface area contributed by atoms with Crippen LogP contribution in [0.25, 0.3) is 0 Å². The molecule has 0 unspecified atom stereocenters. The van der Waals surface area contributed by atoms with Gasteiger partial charge in [-0.2, -0.15) is 0 Å². The lowest BCUT2D eigenvalue weighted by atomic mass is 10.2. The highest BCUT2D eigenvalue weighted by Gasteiger charge is 2.18. The maximum absolute atomic E-state index is 12.9. The van der Waals surface area contributed by atoms with Crippen LogP contribution in [0.5, 0.6) is 5.75 Å². The van der Waals surface area contributed by atoms with Crippen LogP contribution < -0.4 is 15.0 Å². The molecule has 2 aromatic rings. The number of hydrogen-bond acceptors (Lipinski definition) is 3. The maximum atomic E-state index is 12.9. The first-order chi connectivity index (χ1) is 11.6. The largest absolute Gasteiger partial charge is 0.481 e. The van der Waals surface area contributed by atoms with Crippen molar-refractivity contribution in [2.24, 2.45) is 0 Å². The summed E-state index contributed by atoms with van der Waals surface area (Å²) < 4.78 is 18.5. The van der Waals surface area contributed by atoms with Gasteiger partial charge in [0, 0.05) is 25.8 Å². The van der Waals surface area contributed by atoms with Gasteiger partial charge >= 0.3 is 0 Å². The average Bonchev–Trinajstić information content (AvgIpc) is 2.61. The third-order valence-electron chi connectivity index (χ3n) is 3.70. The minimum absolute atomic E-state index is 0.164. The lowest BCUT2D eigenvalue weighted by molar-refractivity contribution is -0.128. The van der Waals surface area contributed by atoms with Crippen LogP contribution in [0, 0.1) is 5.82 Å². The number of halogens is 1. The summed E-state index contributed by atoms with van der Waals surface area (Å²) in [5.41, 5.74) is 1.10. The van der Waals surface area contributed by atoms with Gasteiger partial charge in [0.1, 0.15) is 11.6 Å². The molecule has 5 heteroatoms. The van der Waals surface area contributed by atoms with E-state index in [0.717, 1.165) is 5.69 Å². The Hall–Kier alpha value is -2.56. The van der Waals surface area contributed by atoms with Gasteiger partial charge in [-0.05, 0) is 42.8 Å². The molecule has 0 fully saturated rings. The second-order valence-corrected chi connectivity index (χ2v) is 5.52. The van der Waals surface area contributed by atoms with Crippen LogP contribution >= 0.6 is 0 Å². The Bertz CT molecular complexity index is 632. The molecule has 0 aliphatic rings. The number of para-hydroxylation sites is 1. The Morgan fingerprint density at radius 3 is 2.46 bits per heavy atom. The van der Waals surface area contributed by atoms with E-state index >= 15 is 0 Å². The quantitative estimate of drug-likeness (QED) is 0.808. The highest BCUT2D eigenvalue weighted by molar-refractivity contribution is 5.81. The summed E-state index contributed by atoms with van der Waals surface area (Å²) in [6.45, 7) is 3.10. The van der Waals surface area contributed by atoms with Crippen LogP contribution in [0.1, 0.15) is 13.3 Å². The summed E-state index contributed by atoms with van der Waals surface area (Å²) >= 11 is 0. The predicted octanol–water partition coefficient (Wildman–Crippen LogP) is 3.24. The lowest BCUT2D eigenvalue weighted by Crippen LogP contribution is -2.41. The van der Waals surface area contributed by atoms with Gasteiger partial charge in [0.25, 0.3) is 5.91 Å². The van der Waals surface area contributed by atoms with Gasteiger partial charge in [-0.1, -0.05) is 25.1 Å². The van der Waals surface area contributed by atoms with Gasteiger partial charge in [-0.25, -0.2) is 4.39 Å². The van der Waals surface area contributed by atoms with Crippen molar-refractivity contribution in [3.63, 3.8) is 0 Å². The molecule has 0 saturated carbocycles. The molecular formula is C19H23FN2O2. The van der Waals surface area contributed by atoms with E-state index in [1.54, 1.807) is 0 Å². The molecule has 2 rings (SSSR count). The molecule has 1 amide bonds. The maximum Gasteiger partial charge on any atom is 0.261 e. The first-order valence-corrected chi connectivity index (χ1v) is 8.06. The zero-order valence-corrected chi connectivity index (χ0v) is 14.0. The molecule has 1 atom stereocenters. The Kier molecular flexibility index (Phi) is 6.61. The first-order valence-electron chi connectivity index (χ1n) is 8.06. The summed E-state index contributed by atoms with van der Waals surface area (Å²) in [4.78, 5) is 14.3. The van der Waals surface area contributed by atoms with E-state index in [4.69, 9.17) is 4.74 Å². The third kappa shape index (κ3) is 5.26. The standard InChI is InChI=1S/C19H23FN2O2/c1-3-18(24-17-11-9-15(20)10-12-17)19(23)21-13-14-22(2)16-7-5-4-6-8-16/h4-12,18H,3,13-14H2,1-2H3,(H,21,23)/t18-/m1/s1. The van der Waals surface area contributed by atoms with E-state index in [0.29, 0.717) is 25.3 Å². The van der Waals surface area contributed by atoms with Crippen molar-refractivity contribution in [1.82, 2.24) is 5.32 Å². The Morgan fingerprint density at radius 2 is 1.83 bits per heavy atom. The summed E-state index contributed by atoms with van der Waals surface area (Å²) in [5, 5.41) is 2.89. The number of nitrogens with zero attached hydrogens (tertiary/aromatic N) is 1. The number of hydrogen-bond donors (Lipinski definition) is 1. The first kappa shape index (κ1) is 17.8. The van der Waals surface area contributed by atoms with Crippen molar-refractivity contribution in [3.8, 4) is 5.75 Å². The fourth-order valence-electron chi connectivity index (χ4n) is 2.27. The van der Waals surface area contributed by atoms with Crippen molar-refractivity contribution in [2.45, 2.75) is 19.4 Å². The molecule has 0 spiro atoms. The number of carbonyl (C=O) groups is 1. The number of anilines is 1. The van der Waals surface area contributed by atoms with Gasteiger partial charge in [0.05, 0.1) is 0 Å². The topological polar surface area (TPSA) is 41.6 Å². The number of amides is 1. The zero-order valence-electron chi connectivity index (χ0n) is 14.0. The van der Waals surface area contributed by atoms with E-state index < -0.39 is 6.10 Å².